The fourth-order valence-electron chi connectivity index (χ4n) is 2.70. The van der Waals surface area contributed by atoms with Gasteiger partial charge in [-0.2, -0.15) is 4.31 Å². The summed E-state index contributed by atoms with van der Waals surface area (Å²) in [5.74, 6) is -0.481. The molecule has 0 atom stereocenters. The van der Waals surface area contributed by atoms with Gasteiger partial charge in [0.15, 0.2) is 6.61 Å². The summed E-state index contributed by atoms with van der Waals surface area (Å²) < 4.78 is 31.7. The lowest BCUT2D eigenvalue weighted by atomic mass is 10.2. The quantitative estimate of drug-likeness (QED) is 0.455. The average Bonchev–Trinajstić information content (AvgIpc) is 2.76. The molecule has 0 unspecified atom stereocenters. The summed E-state index contributed by atoms with van der Waals surface area (Å²) in [6, 6.07) is 13.5. The van der Waals surface area contributed by atoms with Crippen molar-refractivity contribution in [2.24, 2.45) is 0 Å². The SMILES string of the molecule is CCN(CC)S(=O)(=O)c1ccc(/C=C/C(=O)NNC(=O)COc2cccc(C)c2)cc1. The maximum atomic E-state index is 12.5. The number of nitrogens with zero attached hydrogens (tertiary/aromatic N) is 1. The van der Waals surface area contributed by atoms with E-state index in [-0.39, 0.29) is 11.5 Å². The van der Waals surface area contributed by atoms with E-state index in [9.17, 15) is 18.0 Å². The Morgan fingerprint density at radius 3 is 2.32 bits per heavy atom. The second kappa shape index (κ2) is 11.3. The van der Waals surface area contributed by atoms with E-state index in [4.69, 9.17) is 4.74 Å². The van der Waals surface area contributed by atoms with Crippen LogP contribution in [0.2, 0.25) is 0 Å². The Bertz CT molecular complexity index is 1030. The number of ether oxygens (including phenoxy) is 1. The first-order chi connectivity index (χ1) is 14.8. The van der Waals surface area contributed by atoms with Crippen molar-refractivity contribution in [1.29, 1.82) is 0 Å². The summed E-state index contributed by atoms with van der Waals surface area (Å²) in [5.41, 5.74) is 6.17. The van der Waals surface area contributed by atoms with Crippen LogP contribution in [0.3, 0.4) is 0 Å². The van der Waals surface area contributed by atoms with Crippen molar-refractivity contribution in [3.8, 4) is 5.75 Å². The molecule has 0 spiro atoms. The molecule has 0 aliphatic heterocycles. The Morgan fingerprint density at radius 2 is 1.71 bits per heavy atom. The van der Waals surface area contributed by atoms with Crippen LogP contribution >= 0.6 is 0 Å². The molecule has 0 aliphatic carbocycles. The number of hydrazine groups is 1. The van der Waals surface area contributed by atoms with E-state index in [0.717, 1.165) is 5.56 Å². The molecule has 0 heterocycles. The van der Waals surface area contributed by atoms with E-state index >= 15 is 0 Å². The van der Waals surface area contributed by atoms with Crippen molar-refractivity contribution in [2.45, 2.75) is 25.7 Å². The molecule has 0 bridgehead atoms. The molecule has 9 heteroatoms. The van der Waals surface area contributed by atoms with Gasteiger partial charge >= 0.3 is 0 Å². The molecule has 2 N–H and O–H groups in total. The lowest BCUT2D eigenvalue weighted by Crippen LogP contribution is -2.43. The zero-order valence-corrected chi connectivity index (χ0v) is 18.6. The molecule has 0 saturated heterocycles. The van der Waals surface area contributed by atoms with Gasteiger partial charge in [0.1, 0.15) is 5.75 Å². The molecular weight excluding hydrogens is 418 g/mol. The molecular formula is C22H27N3O5S. The third-order valence-electron chi connectivity index (χ3n) is 4.34. The van der Waals surface area contributed by atoms with Crippen molar-refractivity contribution in [3.05, 3.63) is 65.7 Å². The van der Waals surface area contributed by atoms with E-state index < -0.39 is 21.8 Å². The molecule has 31 heavy (non-hydrogen) atoms. The Hall–Kier alpha value is -3.17. The summed E-state index contributed by atoms with van der Waals surface area (Å²) in [6.07, 6.45) is 2.74. The number of nitrogens with one attached hydrogen (secondary N) is 2. The molecule has 2 aromatic carbocycles. The van der Waals surface area contributed by atoms with Crippen LogP contribution in [0.5, 0.6) is 5.75 Å². The zero-order valence-electron chi connectivity index (χ0n) is 17.8. The first kappa shape index (κ1) is 24.1. The van der Waals surface area contributed by atoms with Gasteiger partial charge in [0.05, 0.1) is 4.90 Å². The number of rotatable bonds is 9. The van der Waals surface area contributed by atoms with Gasteiger partial charge in [0.25, 0.3) is 11.8 Å². The van der Waals surface area contributed by atoms with Crippen molar-refractivity contribution in [3.63, 3.8) is 0 Å². The Balaban J connectivity index is 1.84. The predicted octanol–water partition coefficient (Wildman–Crippen LogP) is 2.27. The standard InChI is InChI=1S/C22H27N3O5S/c1-4-25(5-2)31(28,29)20-12-9-18(10-13-20)11-14-21(26)23-24-22(27)16-30-19-8-6-7-17(3)15-19/h6-15H,4-5,16H2,1-3H3,(H,23,26)(H,24,27)/b14-11+. The number of amides is 2. The number of carbonyl (C=O) groups is 2. The Morgan fingerprint density at radius 1 is 1.03 bits per heavy atom. The largest absolute Gasteiger partial charge is 0.484 e. The minimum Gasteiger partial charge on any atom is -0.484 e. The molecule has 0 aromatic heterocycles. The van der Waals surface area contributed by atoms with Crippen LogP contribution in [0.15, 0.2) is 59.5 Å². The molecule has 0 fully saturated rings. The normalized spacial score (nSPS) is 11.5. The van der Waals surface area contributed by atoms with E-state index in [1.807, 2.05) is 19.1 Å². The highest BCUT2D eigenvalue weighted by Crippen LogP contribution is 2.16. The minimum atomic E-state index is -3.52. The molecule has 0 saturated carbocycles. The smallest absolute Gasteiger partial charge is 0.276 e. The first-order valence-corrected chi connectivity index (χ1v) is 11.3. The van der Waals surface area contributed by atoms with Gasteiger partial charge in [-0.15, -0.1) is 0 Å². The maximum absolute atomic E-state index is 12.5. The van der Waals surface area contributed by atoms with Gasteiger partial charge in [-0.25, -0.2) is 8.42 Å². The topological polar surface area (TPSA) is 105 Å². The van der Waals surface area contributed by atoms with Crippen molar-refractivity contribution < 1.29 is 22.7 Å². The van der Waals surface area contributed by atoms with Gasteiger partial charge in [-0.05, 0) is 48.4 Å². The molecule has 2 aromatic rings. The van der Waals surface area contributed by atoms with E-state index in [1.54, 1.807) is 38.1 Å². The van der Waals surface area contributed by atoms with Crippen LogP contribution in [-0.4, -0.2) is 44.2 Å². The number of benzene rings is 2. The number of hydrogen-bond acceptors (Lipinski definition) is 5. The van der Waals surface area contributed by atoms with Crippen LogP contribution in [0, 0.1) is 6.92 Å². The third-order valence-corrected chi connectivity index (χ3v) is 6.40. The lowest BCUT2D eigenvalue weighted by molar-refractivity contribution is -0.128. The van der Waals surface area contributed by atoms with Crippen LogP contribution < -0.4 is 15.6 Å². The highest BCUT2D eigenvalue weighted by molar-refractivity contribution is 7.89. The van der Waals surface area contributed by atoms with E-state index in [0.29, 0.717) is 24.4 Å². The summed E-state index contributed by atoms with van der Waals surface area (Å²) >= 11 is 0. The van der Waals surface area contributed by atoms with E-state index in [2.05, 4.69) is 10.9 Å². The van der Waals surface area contributed by atoms with Crippen LogP contribution in [0.25, 0.3) is 6.08 Å². The monoisotopic (exact) mass is 445 g/mol. The van der Waals surface area contributed by atoms with Gasteiger partial charge in [-0.1, -0.05) is 38.1 Å². The van der Waals surface area contributed by atoms with Crippen molar-refractivity contribution >= 4 is 27.9 Å². The van der Waals surface area contributed by atoms with E-state index in [1.165, 1.54) is 28.6 Å². The summed E-state index contributed by atoms with van der Waals surface area (Å²) in [7, 11) is -3.52. The molecule has 0 radical (unpaired) electrons. The highest BCUT2D eigenvalue weighted by atomic mass is 32.2. The first-order valence-electron chi connectivity index (χ1n) is 9.82. The molecule has 8 nitrogen and oxygen atoms in total. The third kappa shape index (κ3) is 7.23. The zero-order chi connectivity index (χ0) is 22.9. The molecule has 166 valence electrons. The summed E-state index contributed by atoms with van der Waals surface area (Å²) in [4.78, 5) is 23.9. The van der Waals surface area contributed by atoms with Gasteiger partial charge < -0.3 is 4.74 Å². The van der Waals surface area contributed by atoms with Crippen LogP contribution in [0.1, 0.15) is 25.0 Å². The molecule has 2 rings (SSSR count). The number of hydrogen-bond donors (Lipinski definition) is 2. The number of aryl methyl sites for hydroxylation is 1. The highest BCUT2D eigenvalue weighted by Gasteiger charge is 2.20. The number of sulfonamides is 1. The summed E-state index contributed by atoms with van der Waals surface area (Å²) in [5, 5.41) is 0. The van der Waals surface area contributed by atoms with Crippen LogP contribution in [-0.2, 0) is 19.6 Å². The van der Waals surface area contributed by atoms with Crippen molar-refractivity contribution in [1.82, 2.24) is 15.2 Å². The fourth-order valence-corrected chi connectivity index (χ4v) is 4.16. The predicted molar refractivity (Wildman–Crippen MR) is 119 cm³/mol. The number of carbonyl (C=O) groups excluding carboxylic acids is 2. The van der Waals surface area contributed by atoms with Crippen molar-refractivity contribution in [2.75, 3.05) is 19.7 Å². The minimum absolute atomic E-state index is 0.193. The molecule has 2 amide bonds. The second-order valence-corrected chi connectivity index (χ2v) is 8.57. The van der Waals surface area contributed by atoms with Crippen LogP contribution in [0.4, 0.5) is 0 Å². The van der Waals surface area contributed by atoms with Gasteiger partial charge in [0.2, 0.25) is 10.0 Å². The second-order valence-electron chi connectivity index (χ2n) is 6.63. The summed E-state index contributed by atoms with van der Waals surface area (Å²) in [6.45, 7) is 6.02. The average molecular weight is 446 g/mol. The molecule has 0 aliphatic rings. The fraction of sp³-hybridized carbons (Fsp3) is 0.273. The Kier molecular flexibility index (Phi) is 8.77. The lowest BCUT2D eigenvalue weighted by Gasteiger charge is -2.18. The van der Waals surface area contributed by atoms with Gasteiger partial charge in [-0.3, -0.25) is 20.4 Å². The maximum Gasteiger partial charge on any atom is 0.276 e. The van der Waals surface area contributed by atoms with Gasteiger partial charge in [0, 0.05) is 19.2 Å². The Labute approximate surface area is 182 Å².